The molecule has 0 fully saturated rings. The van der Waals surface area contributed by atoms with Crippen molar-refractivity contribution in [1.82, 2.24) is 9.97 Å². The Labute approximate surface area is 118 Å². The Hall–Kier alpha value is -2.01. The summed E-state index contributed by atoms with van der Waals surface area (Å²) < 4.78 is 0. The second kappa shape index (κ2) is 5.32. The highest BCUT2D eigenvalue weighted by atomic mass is 32.1. The van der Waals surface area contributed by atoms with E-state index in [4.69, 9.17) is 18.0 Å². The van der Waals surface area contributed by atoms with Crippen LogP contribution in [-0.2, 0) is 0 Å². The molecular formula is C14H16N4S. The van der Waals surface area contributed by atoms with Crippen molar-refractivity contribution in [3.63, 3.8) is 0 Å². The molecule has 0 bridgehead atoms. The van der Waals surface area contributed by atoms with Gasteiger partial charge in [-0.05, 0) is 26.0 Å². The number of rotatable bonds is 3. The second-order valence-corrected chi connectivity index (χ2v) is 4.83. The molecule has 19 heavy (non-hydrogen) atoms. The van der Waals surface area contributed by atoms with Gasteiger partial charge < -0.3 is 10.6 Å². The van der Waals surface area contributed by atoms with Crippen molar-refractivity contribution < 1.29 is 0 Å². The van der Waals surface area contributed by atoms with E-state index in [0.29, 0.717) is 4.99 Å². The van der Waals surface area contributed by atoms with Gasteiger partial charge in [-0.1, -0.05) is 24.4 Å². The normalized spacial score (nSPS) is 10.3. The zero-order chi connectivity index (χ0) is 14.0. The molecule has 0 aliphatic carbocycles. The second-order valence-electron chi connectivity index (χ2n) is 4.39. The van der Waals surface area contributed by atoms with E-state index in [9.17, 15) is 0 Å². The van der Waals surface area contributed by atoms with E-state index in [2.05, 4.69) is 9.97 Å². The molecule has 0 atom stereocenters. The molecule has 2 rings (SSSR count). The molecule has 0 aliphatic rings. The van der Waals surface area contributed by atoms with Crippen LogP contribution in [0.5, 0.6) is 0 Å². The SMILES string of the molecule is Cc1cc(N(C)c2cccc(C(N)=S)c2)nc(C)n1. The predicted molar refractivity (Wildman–Crippen MR) is 81.9 cm³/mol. The van der Waals surface area contributed by atoms with Gasteiger partial charge in [0.25, 0.3) is 0 Å². The molecule has 1 heterocycles. The lowest BCUT2D eigenvalue weighted by Gasteiger charge is -2.19. The summed E-state index contributed by atoms with van der Waals surface area (Å²) in [5, 5.41) is 0. The number of hydrogen-bond donors (Lipinski definition) is 1. The molecular weight excluding hydrogens is 256 g/mol. The van der Waals surface area contributed by atoms with Crippen LogP contribution in [0.15, 0.2) is 30.3 Å². The molecule has 1 aromatic heterocycles. The van der Waals surface area contributed by atoms with Gasteiger partial charge in [-0.15, -0.1) is 0 Å². The van der Waals surface area contributed by atoms with Gasteiger partial charge in [-0.2, -0.15) is 0 Å². The Morgan fingerprint density at radius 2 is 1.95 bits per heavy atom. The third-order valence-electron chi connectivity index (χ3n) is 2.81. The highest BCUT2D eigenvalue weighted by molar-refractivity contribution is 7.80. The summed E-state index contributed by atoms with van der Waals surface area (Å²) in [6, 6.07) is 9.72. The van der Waals surface area contributed by atoms with E-state index in [1.807, 2.05) is 56.1 Å². The standard InChI is InChI=1S/C14H16N4S/c1-9-7-13(17-10(2)16-9)18(3)12-6-4-5-11(8-12)14(15)19/h4-8H,1-3H3,(H2,15,19). The topological polar surface area (TPSA) is 55.0 Å². The highest BCUT2D eigenvalue weighted by Crippen LogP contribution is 2.23. The first-order chi connectivity index (χ1) is 8.97. The molecule has 2 aromatic rings. The number of nitrogens with zero attached hydrogens (tertiary/aromatic N) is 3. The maximum Gasteiger partial charge on any atom is 0.136 e. The van der Waals surface area contributed by atoms with Crippen molar-refractivity contribution in [2.45, 2.75) is 13.8 Å². The summed E-state index contributed by atoms with van der Waals surface area (Å²) in [7, 11) is 1.96. The van der Waals surface area contributed by atoms with E-state index >= 15 is 0 Å². The van der Waals surface area contributed by atoms with Crippen molar-refractivity contribution >= 4 is 28.7 Å². The molecule has 0 saturated carbocycles. The largest absolute Gasteiger partial charge is 0.389 e. The first-order valence-electron chi connectivity index (χ1n) is 5.93. The Morgan fingerprint density at radius 1 is 1.21 bits per heavy atom. The first kappa shape index (κ1) is 13.4. The zero-order valence-corrected chi connectivity index (χ0v) is 12.0. The van der Waals surface area contributed by atoms with E-state index in [0.717, 1.165) is 28.6 Å². The third kappa shape index (κ3) is 3.06. The molecule has 0 unspecified atom stereocenters. The highest BCUT2D eigenvalue weighted by Gasteiger charge is 2.08. The van der Waals surface area contributed by atoms with Crippen molar-refractivity contribution in [3.05, 3.63) is 47.4 Å². The fourth-order valence-corrected chi connectivity index (χ4v) is 2.00. The number of anilines is 2. The number of thiocarbonyl (C=S) groups is 1. The van der Waals surface area contributed by atoms with Crippen LogP contribution in [0.3, 0.4) is 0 Å². The quantitative estimate of drug-likeness (QED) is 0.870. The van der Waals surface area contributed by atoms with Crippen molar-refractivity contribution in [2.75, 3.05) is 11.9 Å². The Bertz CT molecular complexity index is 604. The van der Waals surface area contributed by atoms with Crippen molar-refractivity contribution in [3.8, 4) is 0 Å². The minimum atomic E-state index is 0.394. The molecule has 4 nitrogen and oxygen atoms in total. The van der Waals surface area contributed by atoms with E-state index in [-0.39, 0.29) is 0 Å². The number of nitrogens with two attached hydrogens (primary N) is 1. The van der Waals surface area contributed by atoms with Crippen LogP contribution >= 0.6 is 12.2 Å². The van der Waals surface area contributed by atoms with Gasteiger partial charge in [0.2, 0.25) is 0 Å². The third-order valence-corrected chi connectivity index (χ3v) is 3.05. The molecule has 0 spiro atoms. The maximum absolute atomic E-state index is 5.66. The number of aryl methyl sites for hydroxylation is 2. The summed E-state index contributed by atoms with van der Waals surface area (Å²) in [6.07, 6.45) is 0. The van der Waals surface area contributed by atoms with E-state index in [1.54, 1.807) is 0 Å². The molecule has 0 aliphatic heterocycles. The van der Waals surface area contributed by atoms with E-state index in [1.165, 1.54) is 0 Å². The van der Waals surface area contributed by atoms with Crippen LogP contribution in [0, 0.1) is 13.8 Å². The first-order valence-corrected chi connectivity index (χ1v) is 6.34. The molecule has 98 valence electrons. The van der Waals surface area contributed by atoms with Crippen molar-refractivity contribution in [2.24, 2.45) is 5.73 Å². The van der Waals surface area contributed by atoms with Crippen molar-refractivity contribution in [1.29, 1.82) is 0 Å². The Morgan fingerprint density at radius 3 is 2.58 bits per heavy atom. The number of hydrogen-bond acceptors (Lipinski definition) is 4. The fourth-order valence-electron chi connectivity index (χ4n) is 1.87. The average Bonchev–Trinajstić information content (AvgIpc) is 2.37. The molecule has 1 aromatic carbocycles. The molecule has 0 radical (unpaired) electrons. The monoisotopic (exact) mass is 272 g/mol. The fraction of sp³-hybridized carbons (Fsp3) is 0.214. The summed E-state index contributed by atoms with van der Waals surface area (Å²) >= 11 is 5.00. The lowest BCUT2D eigenvalue weighted by atomic mass is 10.2. The van der Waals surface area contributed by atoms with Crippen LogP contribution in [0.2, 0.25) is 0 Å². The molecule has 0 saturated heterocycles. The van der Waals surface area contributed by atoms with Gasteiger partial charge in [0, 0.05) is 30.1 Å². The van der Waals surface area contributed by atoms with Gasteiger partial charge in [0.15, 0.2) is 0 Å². The van der Waals surface area contributed by atoms with E-state index < -0.39 is 0 Å². The van der Waals surface area contributed by atoms with Crippen LogP contribution in [0.4, 0.5) is 11.5 Å². The Balaban J connectivity index is 2.40. The van der Waals surface area contributed by atoms with Crippen LogP contribution < -0.4 is 10.6 Å². The summed E-state index contributed by atoms with van der Waals surface area (Å²) in [4.78, 5) is 11.1. The van der Waals surface area contributed by atoms with Crippen LogP contribution in [0.25, 0.3) is 0 Å². The lowest BCUT2D eigenvalue weighted by molar-refractivity contribution is 0.982. The zero-order valence-electron chi connectivity index (χ0n) is 11.2. The van der Waals surface area contributed by atoms with Gasteiger partial charge in [-0.3, -0.25) is 0 Å². The molecule has 2 N–H and O–H groups in total. The summed E-state index contributed by atoms with van der Waals surface area (Å²) in [5.41, 5.74) is 8.44. The Kier molecular flexibility index (Phi) is 3.76. The van der Waals surface area contributed by atoms with Gasteiger partial charge in [-0.25, -0.2) is 9.97 Å². The molecule has 5 heteroatoms. The number of benzene rings is 1. The summed E-state index contributed by atoms with van der Waals surface area (Å²) in [6.45, 7) is 3.84. The maximum atomic E-state index is 5.66. The summed E-state index contributed by atoms with van der Waals surface area (Å²) in [5.74, 6) is 1.61. The predicted octanol–water partition coefficient (Wildman–Crippen LogP) is 2.50. The minimum Gasteiger partial charge on any atom is -0.389 e. The van der Waals surface area contributed by atoms with Gasteiger partial charge in [0.05, 0.1) is 0 Å². The number of aromatic nitrogens is 2. The van der Waals surface area contributed by atoms with Crippen LogP contribution in [0.1, 0.15) is 17.1 Å². The van der Waals surface area contributed by atoms with Crippen LogP contribution in [-0.4, -0.2) is 22.0 Å². The minimum absolute atomic E-state index is 0.394. The smallest absolute Gasteiger partial charge is 0.136 e. The molecule has 0 amide bonds. The van der Waals surface area contributed by atoms with Gasteiger partial charge >= 0.3 is 0 Å². The van der Waals surface area contributed by atoms with Gasteiger partial charge in [0.1, 0.15) is 16.6 Å². The average molecular weight is 272 g/mol. The lowest BCUT2D eigenvalue weighted by Crippen LogP contribution is -2.15.